The van der Waals surface area contributed by atoms with Crippen LogP contribution < -0.4 is 0 Å². The van der Waals surface area contributed by atoms with Gasteiger partial charge in [-0.3, -0.25) is 0 Å². The maximum atomic E-state index is 9.72. The first-order chi connectivity index (χ1) is 21.5. The van der Waals surface area contributed by atoms with Crippen molar-refractivity contribution in [2.45, 2.75) is 157 Å². The number of hydrogen-bond acceptors (Lipinski definition) is 6. The number of hydrogen-bond donors (Lipinski definition) is 6. The SMILES string of the molecule is CC(C)(C)c1cc(O)cc(C(C)(C)C)c1.CC(C)(C)c1cc(O)cc(C(C)(C)C)c1.CC(C)(C)c1cc(O)cc(C(C)(C)C)c1.OP(O)O. The van der Waals surface area contributed by atoms with Crippen molar-refractivity contribution in [1.82, 2.24) is 0 Å². The van der Waals surface area contributed by atoms with Crippen molar-refractivity contribution in [3.05, 3.63) is 88.0 Å². The van der Waals surface area contributed by atoms with E-state index in [1.165, 1.54) is 33.4 Å². The first kappa shape index (κ1) is 46.4. The first-order valence-corrected chi connectivity index (χ1v) is 18.2. The number of phenolic OH excluding ortho intramolecular Hbond substituents is 3. The Labute approximate surface area is 300 Å². The Morgan fingerprint density at radius 3 is 0.469 bits per heavy atom. The van der Waals surface area contributed by atoms with Crippen LogP contribution in [-0.4, -0.2) is 30.0 Å². The molecule has 0 saturated carbocycles. The first-order valence-electron chi connectivity index (χ1n) is 17.0. The second-order valence-corrected chi connectivity index (χ2v) is 19.6. The van der Waals surface area contributed by atoms with E-state index in [2.05, 4.69) is 143 Å². The van der Waals surface area contributed by atoms with E-state index < -0.39 is 8.60 Å². The van der Waals surface area contributed by atoms with Crippen LogP contribution in [0.3, 0.4) is 0 Å². The van der Waals surface area contributed by atoms with Gasteiger partial charge in [0, 0.05) is 0 Å². The molecular weight excluding hydrogens is 631 g/mol. The Balaban J connectivity index is 0.000000667. The highest BCUT2D eigenvalue weighted by atomic mass is 31.2. The molecular formula is C42H69O6P. The summed E-state index contributed by atoms with van der Waals surface area (Å²) in [6.07, 6.45) is 0. The summed E-state index contributed by atoms with van der Waals surface area (Å²) in [7, 11) is -2.62. The van der Waals surface area contributed by atoms with Crippen molar-refractivity contribution in [3.63, 3.8) is 0 Å². The van der Waals surface area contributed by atoms with Crippen molar-refractivity contribution < 1.29 is 30.0 Å². The van der Waals surface area contributed by atoms with Crippen LogP contribution >= 0.6 is 8.60 Å². The predicted molar refractivity (Wildman–Crippen MR) is 210 cm³/mol. The lowest BCUT2D eigenvalue weighted by Crippen LogP contribution is -2.15. The molecule has 7 heteroatoms. The molecule has 278 valence electrons. The zero-order valence-corrected chi connectivity index (χ0v) is 34.7. The molecule has 0 radical (unpaired) electrons. The van der Waals surface area contributed by atoms with E-state index in [-0.39, 0.29) is 32.5 Å². The maximum absolute atomic E-state index is 9.72. The highest BCUT2D eigenvalue weighted by Crippen LogP contribution is 2.34. The van der Waals surface area contributed by atoms with Crippen LogP contribution in [0, 0.1) is 0 Å². The fourth-order valence-electron chi connectivity index (χ4n) is 4.43. The summed E-state index contributed by atoms with van der Waals surface area (Å²) in [5.41, 5.74) is 7.62. The van der Waals surface area contributed by atoms with E-state index in [1.54, 1.807) is 0 Å². The summed E-state index contributed by atoms with van der Waals surface area (Å²) in [6, 6.07) is 17.7. The molecule has 0 fully saturated rings. The molecule has 49 heavy (non-hydrogen) atoms. The molecule has 0 aliphatic carbocycles. The smallest absolute Gasteiger partial charge is 0.324 e. The number of phenols is 3. The maximum Gasteiger partial charge on any atom is 0.324 e. The van der Waals surface area contributed by atoms with Crippen molar-refractivity contribution in [1.29, 1.82) is 0 Å². The van der Waals surface area contributed by atoms with E-state index >= 15 is 0 Å². The average Bonchev–Trinajstić information content (AvgIpc) is 2.85. The molecule has 6 N–H and O–H groups in total. The number of aromatic hydroxyl groups is 3. The molecule has 3 aromatic rings. The van der Waals surface area contributed by atoms with Crippen LogP contribution in [0.5, 0.6) is 17.2 Å². The average molecular weight is 701 g/mol. The molecule has 3 rings (SSSR count). The van der Waals surface area contributed by atoms with Crippen LogP contribution in [0.1, 0.15) is 158 Å². The lowest BCUT2D eigenvalue weighted by atomic mass is 9.80. The van der Waals surface area contributed by atoms with Gasteiger partial charge in [0.2, 0.25) is 0 Å². The molecule has 0 saturated heterocycles. The van der Waals surface area contributed by atoms with Crippen molar-refractivity contribution in [3.8, 4) is 17.2 Å². The minimum absolute atomic E-state index is 0.0821. The summed E-state index contributed by atoms with van der Waals surface area (Å²) in [5, 5.41) is 29.2. The van der Waals surface area contributed by atoms with E-state index in [0.717, 1.165) is 0 Å². The van der Waals surface area contributed by atoms with Gasteiger partial charge >= 0.3 is 8.60 Å². The minimum atomic E-state index is -2.62. The second kappa shape index (κ2) is 17.1. The standard InChI is InChI=1S/3C14H22O.H3O3P/c3*1-13(2,3)10-7-11(14(4,5)6)9-12(15)8-10;1-4(2)3/h3*7-9,15H,1-6H3;1-3H. The molecule has 0 aliphatic heterocycles. The summed E-state index contributed by atoms with van der Waals surface area (Å²) < 4.78 is 0. The Morgan fingerprint density at radius 2 is 0.388 bits per heavy atom. The highest BCUT2D eigenvalue weighted by Gasteiger charge is 2.22. The number of rotatable bonds is 0. The third-order valence-corrected chi connectivity index (χ3v) is 7.95. The lowest BCUT2D eigenvalue weighted by Gasteiger charge is -2.25. The van der Waals surface area contributed by atoms with Gasteiger partial charge in [0.05, 0.1) is 0 Å². The highest BCUT2D eigenvalue weighted by molar-refractivity contribution is 7.38. The second-order valence-electron chi connectivity index (χ2n) is 19.1. The Bertz CT molecular complexity index is 1190. The molecule has 0 aliphatic rings. The Hall–Kier alpha value is -2.63. The van der Waals surface area contributed by atoms with E-state index in [0.29, 0.717) is 17.2 Å². The summed E-state index contributed by atoms with van der Waals surface area (Å²) >= 11 is 0. The molecule has 6 nitrogen and oxygen atoms in total. The van der Waals surface area contributed by atoms with Crippen LogP contribution in [0.15, 0.2) is 54.6 Å². The van der Waals surface area contributed by atoms with Gasteiger partial charge in [-0.25, -0.2) is 0 Å². The van der Waals surface area contributed by atoms with E-state index in [9.17, 15) is 15.3 Å². The van der Waals surface area contributed by atoms with Crippen molar-refractivity contribution in [2.24, 2.45) is 0 Å². The van der Waals surface area contributed by atoms with Gasteiger partial charge < -0.3 is 30.0 Å². The van der Waals surface area contributed by atoms with E-state index in [1.807, 2.05) is 36.4 Å². The predicted octanol–water partition coefficient (Wildman–Crippen LogP) is 11.2. The van der Waals surface area contributed by atoms with Gasteiger partial charge in [0.1, 0.15) is 17.2 Å². The summed E-state index contributed by atoms with van der Waals surface area (Å²) in [4.78, 5) is 21.7. The van der Waals surface area contributed by atoms with Gasteiger partial charge in [-0.05, 0) is 102 Å². The normalized spacial score (nSPS) is 12.6. The van der Waals surface area contributed by atoms with Gasteiger partial charge in [-0.15, -0.1) is 0 Å². The van der Waals surface area contributed by atoms with Gasteiger partial charge in [0.25, 0.3) is 0 Å². The van der Waals surface area contributed by atoms with Crippen LogP contribution in [-0.2, 0) is 32.5 Å². The van der Waals surface area contributed by atoms with Gasteiger partial charge in [0.15, 0.2) is 0 Å². The minimum Gasteiger partial charge on any atom is -0.508 e. The largest absolute Gasteiger partial charge is 0.508 e. The van der Waals surface area contributed by atoms with Crippen LogP contribution in [0.2, 0.25) is 0 Å². The zero-order valence-electron chi connectivity index (χ0n) is 33.8. The molecule has 0 unspecified atom stereocenters. The monoisotopic (exact) mass is 700 g/mol. The molecule has 0 heterocycles. The van der Waals surface area contributed by atoms with Gasteiger partial charge in [-0.2, -0.15) is 0 Å². The Kier molecular flexibility index (Phi) is 16.1. The molecule has 0 bridgehead atoms. The zero-order chi connectivity index (χ0) is 39.1. The fourth-order valence-corrected chi connectivity index (χ4v) is 4.43. The molecule has 0 spiro atoms. The van der Waals surface area contributed by atoms with Crippen molar-refractivity contribution >= 4 is 8.60 Å². The lowest BCUT2D eigenvalue weighted by molar-refractivity contribution is 0.368. The molecule has 3 aromatic carbocycles. The van der Waals surface area contributed by atoms with Crippen LogP contribution in [0.25, 0.3) is 0 Å². The fraction of sp³-hybridized carbons (Fsp3) is 0.571. The summed E-state index contributed by atoms with van der Waals surface area (Å²) in [6.45, 7) is 38.9. The molecule has 0 atom stereocenters. The topological polar surface area (TPSA) is 121 Å². The Morgan fingerprint density at radius 1 is 0.286 bits per heavy atom. The quantitative estimate of drug-likeness (QED) is 0.130. The molecule has 0 amide bonds. The van der Waals surface area contributed by atoms with Gasteiger partial charge in [-0.1, -0.05) is 143 Å². The number of benzene rings is 3. The summed E-state index contributed by atoms with van der Waals surface area (Å²) in [5.74, 6) is 1.10. The van der Waals surface area contributed by atoms with Crippen molar-refractivity contribution in [2.75, 3.05) is 0 Å². The van der Waals surface area contributed by atoms with E-state index in [4.69, 9.17) is 14.7 Å². The third-order valence-electron chi connectivity index (χ3n) is 7.95. The molecule has 0 aromatic heterocycles. The third kappa shape index (κ3) is 17.7. The van der Waals surface area contributed by atoms with Crippen LogP contribution in [0.4, 0.5) is 0 Å².